The van der Waals surface area contributed by atoms with Crippen molar-refractivity contribution < 1.29 is 22.7 Å². The van der Waals surface area contributed by atoms with Crippen molar-refractivity contribution in [3.63, 3.8) is 0 Å². The van der Waals surface area contributed by atoms with Gasteiger partial charge in [-0.3, -0.25) is 19.4 Å². The van der Waals surface area contributed by atoms with Crippen LogP contribution in [-0.4, -0.2) is 74.3 Å². The van der Waals surface area contributed by atoms with E-state index >= 15 is 0 Å². The SMILES string of the molecule is COc1ccc(S(=O)(=O)N2CCN(CN3C(=O)[C@H]4CCCC[C@@H]4C3=O)CC2)cc1. The molecule has 3 fully saturated rings. The molecule has 2 heterocycles. The minimum atomic E-state index is -3.57. The topological polar surface area (TPSA) is 87.2 Å². The first kappa shape index (κ1) is 20.3. The zero-order valence-corrected chi connectivity index (χ0v) is 17.4. The van der Waals surface area contributed by atoms with E-state index in [9.17, 15) is 18.0 Å². The number of rotatable bonds is 5. The van der Waals surface area contributed by atoms with Crippen LogP contribution in [-0.2, 0) is 19.6 Å². The van der Waals surface area contributed by atoms with Crippen LogP contribution in [0.4, 0.5) is 0 Å². The van der Waals surface area contributed by atoms with Gasteiger partial charge >= 0.3 is 0 Å². The van der Waals surface area contributed by atoms with Gasteiger partial charge in [0.15, 0.2) is 0 Å². The third-order valence-corrected chi connectivity index (χ3v) is 8.22. The predicted molar refractivity (Wildman–Crippen MR) is 105 cm³/mol. The first-order valence-electron chi connectivity index (χ1n) is 10.1. The molecule has 1 aromatic carbocycles. The van der Waals surface area contributed by atoms with E-state index in [1.165, 1.54) is 16.3 Å². The lowest BCUT2D eigenvalue weighted by Gasteiger charge is -2.35. The molecule has 1 aliphatic carbocycles. The minimum Gasteiger partial charge on any atom is -0.497 e. The summed E-state index contributed by atoms with van der Waals surface area (Å²) in [6, 6.07) is 6.36. The van der Waals surface area contributed by atoms with Gasteiger partial charge in [-0.25, -0.2) is 8.42 Å². The molecule has 0 N–H and O–H groups in total. The first-order chi connectivity index (χ1) is 13.9. The summed E-state index contributed by atoms with van der Waals surface area (Å²) in [5, 5.41) is 0. The number of imide groups is 1. The van der Waals surface area contributed by atoms with Crippen LogP contribution in [0.25, 0.3) is 0 Å². The number of sulfonamides is 1. The molecular weight excluding hydrogens is 394 g/mol. The number of hydrogen-bond donors (Lipinski definition) is 0. The average Bonchev–Trinajstić information content (AvgIpc) is 2.99. The normalized spacial score (nSPS) is 26.6. The van der Waals surface area contributed by atoms with Crippen molar-refractivity contribution >= 4 is 21.8 Å². The number of nitrogens with zero attached hydrogens (tertiary/aromatic N) is 3. The van der Waals surface area contributed by atoms with Crippen LogP contribution in [0.1, 0.15) is 25.7 Å². The van der Waals surface area contributed by atoms with Crippen molar-refractivity contribution in [1.82, 2.24) is 14.1 Å². The van der Waals surface area contributed by atoms with E-state index in [-0.39, 0.29) is 35.2 Å². The van der Waals surface area contributed by atoms with Gasteiger partial charge < -0.3 is 4.74 Å². The van der Waals surface area contributed by atoms with E-state index in [0.717, 1.165) is 25.7 Å². The van der Waals surface area contributed by atoms with Crippen LogP contribution in [0.5, 0.6) is 5.75 Å². The summed E-state index contributed by atoms with van der Waals surface area (Å²) in [4.78, 5) is 28.9. The lowest BCUT2D eigenvalue weighted by atomic mass is 9.81. The third kappa shape index (κ3) is 3.78. The maximum absolute atomic E-state index is 12.9. The number of ether oxygens (including phenoxy) is 1. The van der Waals surface area contributed by atoms with Gasteiger partial charge in [-0.2, -0.15) is 4.31 Å². The van der Waals surface area contributed by atoms with Crippen LogP contribution >= 0.6 is 0 Å². The van der Waals surface area contributed by atoms with Crippen molar-refractivity contribution in [2.45, 2.75) is 30.6 Å². The number of amides is 2. The van der Waals surface area contributed by atoms with Crippen molar-refractivity contribution in [2.24, 2.45) is 11.8 Å². The zero-order chi connectivity index (χ0) is 20.6. The Balaban J connectivity index is 1.37. The maximum Gasteiger partial charge on any atom is 0.243 e. The Morgan fingerprint density at radius 2 is 1.48 bits per heavy atom. The highest BCUT2D eigenvalue weighted by Gasteiger charge is 2.48. The van der Waals surface area contributed by atoms with Gasteiger partial charge in [-0.1, -0.05) is 12.8 Å². The summed E-state index contributed by atoms with van der Waals surface area (Å²) in [5.41, 5.74) is 0. The second-order valence-electron chi connectivity index (χ2n) is 7.94. The molecule has 0 spiro atoms. The van der Waals surface area contributed by atoms with E-state index in [2.05, 4.69) is 0 Å². The fourth-order valence-corrected chi connectivity index (χ4v) is 6.00. The summed E-state index contributed by atoms with van der Waals surface area (Å²) in [6.45, 7) is 1.90. The number of piperazine rings is 1. The van der Waals surface area contributed by atoms with Crippen LogP contribution in [0.3, 0.4) is 0 Å². The molecule has 1 aromatic rings. The van der Waals surface area contributed by atoms with Crippen LogP contribution in [0, 0.1) is 11.8 Å². The van der Waals surface area contributed by atoms with Gasteiger partial charge in [0.25, 0.3) is 0 Å². The molecule has 0 unspecified atom stereocenters. The quantitative estimate of drug-likeness (QED) is 0.663. The van der Waals surface area contributed by atoms with Crippen molar-refractivity contribution in [2.75, 3.05) is 40.0 Å². The van der Waals surface area contributed by atoms with E-state index in [0.29, 0.717) is 31.9 Å². The van der Waals surface area contributed by atoms with Gasteiger partial charge in [0.05, 0.1) is 30.5 Å². The number of likely N-dealkylation sites (tertiary alicyclic amines) is 1. The Bertz CT molecular complexity index is 854. The van der Waals surface area contributed by atoms with Gasteiger partial charge in [0, 0.05) is 26.2 Å². The molecular formula is C20H27N3O5S. The standard InChI is InChI=1S/C20H27N3O5S/c1-28-15-6-8-16(9-7-15)29(26,27)22-12-10-21(11-13-22)14-23-19(24)17-4-2-3-5-18(17)20(23)25/h6-9,17-18H,2-5,10-14H2,1H3/t17-,18-/m0/s1. The zero-order valence-electron chi connectivity index (χ0n) is 16.6. The molecule has 9 heteroatoms. The minimum absolute atomic E-state index is 0.0482. The third-order valence-electron chi connectivity index (χ3n) is 6.30. The Labute approximate surface area is 171 Å². The second kappa shape index (κ2) is 8.04. The molecule has 1 saturated carbocycles. The Morgan fingerprint density at radius 1 is 0.931 bits per heavy atom. The van der Waals surface area contributed by atoms with Crippen molar-refractivity contribution in [1.29, 1.82) is 0 Å². The molecule has 2 atom stereocenters. The smallest absolute Gasteiger partial charge is 0.243 e. The van der Waals surface area contributed by atoms with Gasteiger partial charge in [0.1, 0.15) is 5.75 Å². The highest BCUT2D eigenvalue weighted by Crippen LogP contribution is 2.38. The predicted octanol–water partition coefficient (Wildman–Crippen LogP) is 1.13. The number of fused-ring (bicyclic) bond motifs is 1. The Kier molecular flexibility index (Phi) is 5.63. The lowest BCUT2D eigenvalue weighted by molar-refractivity contribution is -0.142. The molecule has 3 aliphatic rings. The largest absolute Gasteiger partial charge is 0.497 e. The van der Waals surface area contributed by atoms with Gasteiger partial charge in [-0.15, -0.1) is 0 Å². The molecule has 2 saturated heterocycles. The van der Waals surface area contributed by atoms with Crippen molar-refractivity contribution in [3.8, 4) is 5.75 Å². The summed E-state index contributed by atoms with van der Waals surface area (Å²) in [5.74, 6) is 0.219. The molecule has 2 amide bonds. The molecule has 8 nitrogen and oxygen atoms in total. The molecule has 2 aliphatic heterocycles. The van der Waals surface area contributed by atoms with E-state index in [1.54, 1.807) is 24.3 Å². The van der Waals surface area contributed by atoms with Gasteiger partial charge in [0.2, 0.25) is 21.8 Å². The number of hydrogen-bond acceptors (Lipinski definition) is 6. The number of carbonyl (C=O) groups is 2. The molecule has 29 heavy (non-hydrogen) atoms. The van der Waals surface area contributed by atoms with E-state index in [1.807, 2.05) is 4.90 Å². The molecule has 0 radical (unpaired) electrons. The van der Waals surface area contributed by atoms with Crippen LogP contribution in [0.2, 0.25) is 0 Å². The summed E-state index contributed by atoms with van der Waals surface area (Å²) in [6.07, 6.45) is 3.63. The molecule has 0 aromatic heterocycles. The number of methoxy groups -OCH3 is 1. The Hall–Kier alpha value is -1.97. The second-order valence-corrected chi connectivity index (χ2v) is 9.88. The fraction of sp³-hybridized carbons (Fsp3) is 0.600. The van der Waals surface area contributed by atoms with E-state index in [4.69, 9.17) is 4.74 Å². The highest BCUT2D eigenvalue weighted by atomic mass is 32.2. The van der Waals surface area contributed by atoms with Gasteiger partial charge in [-0.05, 0) is 37.1 Å². The molecule has 158 valence electrons. The van der Waals surface area contributed by atoms with Crippen molar-refractivity contribution in [3.05, 3.63) is 24.3 Å². The summed E-state index contributed by atoms with van der Waals surface area (Å²) >= 11 is 0. The number of benzene rings is 1. The summed E-state index contributed by atoms with van der Waals surface area (Å²) in [7, 11) is -2.04. The van der Waals surface area contributed by atoms with Crippen LogP contribution < -0.4 is 4.74 Å². The highest BCUT2D eigenvalue weighted by molar-refractivity contribution is 7.89. The average molecular weight is 422 g/mol. The fourth-order valence-electron chi connectivity index (χ4n) is 4.58. The number of carbonyl (C=O) groups excluding carboxylic acids is 2. The molecule has 4 rings (SSSR count). The summed E-state index contributed by atoms with van der Waals surface area (Å²) < 4.78 is 32.3. The lowest BCUT2D eigenvalue weighted by Crippen LogP contribution is -2.52. The first-order valence-corrected chi connectivity index (χ1v) is 11.6. The molecule has 0 bridgehead atoms. The monoisotopic (exact) mass is 421 g/mol. The maximum atomic E-state index is 12.9. The Morgan fingerprint density at radius 3 is 2.00 bits per heavy atom. The van der Waals surface area contributed by atoms with Crippen LogP contribution in [0.15, 0.2) is 29.2 Å². The van der Waals surface area contributed by atoms with E-state index < -0.39 is 10.0 Å².